The van der Waals surface area contributed by atoms with Crippen molar-refractivity contribution in [2.24, 2.45) is 5.92 Å². The van der Waals surface area contributed by atoms with Crippen LogP contribution < -0.4 is 14.8 Å². The lowest BCUT2D eigenvalue weighted by molar-refractivity contribution is -0.139. The first kappa shape index (κ1) is 20.1. The molecule has 0 spiro atoms. The lowest BCUT2D eigenvalue weighted by Gasteiger charge is -2.29. The quantitative estimate of drug-likeness (QED) is 0.733. The molecule has 1 heterocycles. The number of hydrogen-bond acceptors (Lipinski definition) is 4. The van der Waals surface area contributed by atoms with E-state index in [1.807, 2.05) is 39.0 Å². The van der Waals surface area contributed by atoms with Gasteiger partial charge in [0, 0.05) is 19.5 Å². The van der Waals surface area contributed by atoms with Crippen LogP contribution in [0.3, 0.4) is 0 Å². The van der Waals surface area contributed by atoms with Crippen molar-refractivity contribution in [1.29, 1.82) is 0 Å². The summed E-state index contributed by atoms with van der Waals surface area (Å²) in [4.78, 5) is 26.4. The van der Waals surface area contributed by atoms with Crippen LogP contribution in [0.2, 0.25) is 0 Å². The van der Waals surface area contributed by atoms with Crippen LogP contribution in [0.1, 0.15) is 45.6 Å². The fourth-order valence-electron chi connectivity index (χ4n) is 3.21. The van der Waals surface area contributed by atoms with Crippen LogP contribution in [0.4, 0.5) is 0 Å². The Morgan fingerprint density at radius 1 is 1.31 bits per heavy atom. The van der Waals surface area contributed by atoms with E-state index >= 15 is 0 Å². The van der Waals surface area contributed by atoms with E-state index in [4.69, 9.17) is 9.47 Å². The number of benzene rings is 1. The van der Waals surface area contributed by atoms with E-state index in [-0.39, 0.29) is 17.7 Å². The number of carbonyl (C=O) groups is 2. The molecule has 0 aromatic heterocycles. The second-order valence-corrected chi connectivity index (χ2v) is 6.93. The SMILES string of the molecule is CCCOc1ccc(CNC(=O)C(C(C)C)N2CCCC2=O)cc1OC. The van der Waals surface area contributed by atoms with Gasteiger partial charge in [0.1, 0.15) is 6.04 Å². The van der Waals surface area contributed by atoms with E-state index in [0.29, 0.717) is 37.6 Å². The molecule has 1 aromatic carbocycles. The minimum absolute atomic E-state index is 0.0661. The highest BCUT2D eigenvalue weighted by atomic mass is 16.5. The molecule has 1 fully saturated rings. The Balaban J connectivity index is 2.02. The Morgan fingerprint density at radius 2 is 2.08 bits per heavy atom. The normalized spacial score (nSPS) is 15.3. The molecule has 2 rings (SSSR count). The molecule has 0 aliphatic carbocycles. The molecule has 144 valence electrons. The predicted octanol–water partition coefficient (Wildman–Crippen LogP) is 2.75. The van der Waals surface area contributed by atoms with Gasteiger partial charge in [-0.3, -0.25) is 9.59 Å². The lowest BCUT2D eigenvalue weighted by atomic mass is 10.0. The summed E-state index contributed by atoms with van der Waals surface area (Å²) in [6, 6.07) is 5.23. The summed E-state index contributed by atoms with van der Waals surface area (Å²) in [7, 11) is 1.60. The number of likely N-dealkylation sites (tertiary alicyclic amines) is 1. The molecule has 6 nitrogen and oxygen atoms in total. The fraction of sp³-hybridized carbons (Fsp3) is 0.600. The van der Waals surface area contributed by atoms with Crippen LogP contribution in [0, 0.1) is 5.92 Å². The zero-order valence-electron chi connectivity index (χ0n) is 16.2. The zero-order valence-corrected chi connectivity index (χ0v) is 16.2. The number of amides is 2. The highest BCUT2D eigenvalue weighted by Crippen LogP contribution is 2.28. The van der Waals surface area contributed by atoms with Crippen LogP contribution in [0.15, 0.2) is 18.2 Å². The molecule has 0 bridgehead atoms. The number of ether oxygens (including phenoxy) is 2. The third kappa shape index (κ3) is 4.90. The molecule has 1 atom stereocenters. The summed E-state index contributed by atoms with van der Waals surface area (Å²) in [6.45, 7) is 7.66. The van der Waals surface area contributed by atoms with Gasteiger partial charge in [0.15, 0.2) is 11.5 Å². The van der Waals surface area contributed by atoms with Crippen molar-refractivity contribution in [3.05, 3.63) is 23.8 Å². The van der Waals surface area contributed by atoms with Gasteiger partial charge in [-0.05, 0) is 36.5 Å². The zero-order chi connectivity index (χ0) is 19.1. The third-order valence-electron chi connectivity index (χ3n) is 4.50. The molecule has 1 aliphatic rings. The van der Waals surface area contributed by atoms with E-state index in [1.165, 1.54) is 0 Å². The first-order chi connectivity index (χ1) is 12.5. The molecule has 1 aliphatic heterocycles. The van der Waals surface area contributed by atoms with Crippen LogP contribution in [0.25, 0.3) is 0 Å². The minimum atomic E-state index is -0.418. The average molecular weight is 362 g/mol. The van der Waals surface area contributed by atoms with Gasteiger partial charge in [0.2, 0.25) is 11.8 Å². The van der Waals surface area contributed by atoms with Gasteiger partial charge in [-0.1, -0.05) is 26.8 Å². The molecule has 1 unspecified atom stereocenters. The van der Waals surface area contributed by atoms with E-state index in [1.54, 1.807) is 12.0 Å². The molecule has 6 heteroatoms. The van der Waals surface area contributed by atoms with Crippen molar-refractivity contribution in [3.8, 4) is 11.5 Å². The Hall–Kier alpha value is -2.24. The smallest absolute Gasteiger partial charge is 0.243 e. The molecular weight excluding hydrogens is 332 g/mol. The van der Waals surface area contributed by atoms with Gasteiger partial charge in [-0.15, -0.1) is 0 Å². The van der Waals surface area contributed by atoms with E-state index in [2.05, 4.69) is 5.32 Å². The highest BCUT2D eigenvalue weighted by Gasteiger charge is 2.34. The van der Waals surface area contributed by atoms with E-state index in [9.17, 15) is 9.59 Å². The predicted molar refractivity (Wildman–Crippen MR) is 100 cm³/mol. The Morgan fingerprint density at radius 3 is 2.65 bits per heavy atom. The summed E-state index contributed by atoms with van der Waals surface area (Å²) in [6.07, 6.45) is 2.28. The Bertz CT molecular complexity index is 630. The number of carbonyl (C=O) groups excluding carboxylic acids is 2. The molecule has 1 aromatic rings. The van der Waals surface area contributed by atoms with Crippen molar-refractivity contribution in [1.82, 2.24) is 10.2 Å². The second-order valence-electron chi connectivity index (χ2n) is 6.93. The Labute approximate surface area is 155 Å². The van der Waals surface area contributed by atoms with Crippen molar-refractivity contribution < 1.29 is 19.1 Å². The van der Waals surface area contributed by atoms with Crippen LogP contribution in [-0.2, 0) is 16.1 Å². The van der Waals surface area contributed by atoms with Gasteiger partial charge in [-0.2, -0.15) is 0 Å². The third-order valence-corrected chi connectivity index (χ3v) is 4.50. The van der Waals surface area contributed by atoms with E-state index < -0.39 is 6.04 Å². The number of nitrogens with one attached hydrogen (secondary N) is 1. The molecular formula is C20H30N2O4. The van der Waals surface area contributed by atoms with E-state index in [0.717, 1.165) is 18.4 Å². The Kier molecular flexibility index (Phi) is 7.30. The van der Waals surface area contributed by atoms with Gasteiger partial charge >= 0.3 is 0 Å². The summed E-state index contributed by atoms with van der Waals surface area (Å²) < 4.78 is 11.0. The molecule has 1 saturated heterocycles. The minimum Gasteiger partial charge on any atom is -0.493 e. The molecule has 1 N–H and O–H groups in total. The van der Waals surface area contributed by atoms with Crippen molar-refractivity contribution in [2.45, 2.75) is 52.6 Å². The summed E-state index contributed by atoms with van der Waals surface area (Å²) in [5, 5.41) is 2.96. The van der Waals surface area contributed by atoms with Gasteiger partial charge in [-0.25, -0.2) is 0 Å². The van der Waals surface area contributed by atoms with Crippen molar-refractivity contribution in [3.63, 3.8) is 0 Å². The summed E-state index contributed by atoms with van der Waals surface area (Å²) >= 11 is 0. The van der Waals surface area contributed by atoms with Crippen LogP contribution in [0.5, 0.6) is 11.5 Å². The highest BCUT2D eigenvalue weighted by molar-refractivity contribution is 5.88. The number of methoxy groups -OCH3 is 1. The number of nitrogens with zero attached hydrogens (tertiary/aromatic N) is 1. The maximum Gasteiger partial charge on any atom is 0.243 e. The fourth-order valence-corrected chi connectivity index (χ4v) is 3.21. The molecule has 2 amide bonds. The van der Waals surface area contributed by atoms with Crippen molar-refractivity contribution >= 4 is 11.8 Å². The topological polar surface area (TPSA) is 67.9 Å². The molecule has 0 radical (unpaired) electrons. The number of hydrogen-bond donors (Lipinski definition) is 1. The second kappa shape index (κ2) is 9.46. The summed E-state index contributed by atoms with van der Waals surface area (Å²) in [5.74, 6) is 1.38. The maximum atomic E-state index is 12.7. The summed E-state index contributed by atoms with van der Waals surface area (Å²) in [5.41, 5.74) is 0.925. The maximum absolute atomic E-state index is 12.7. The van der Waals surface area contributed by atoms with Gasteiger partial charge in [0.05, 0.1) is 13.7 Å². The first-order valence-corrected chi connectivity index (χ1v) is 9.34. The molecule has 26 heavy (non-hydrogen) atoms. The van der Waals surface area contributed by atoms with Gasteiger partial charge < -0.3 is 19.7 Å². The first-order valence-electron chi connectivity index (χ1n) is 9.34. The van der Waals surface area contributed by atoms with Crippen molar-refractivity contribution in [2.75, 3.05) is 20.3 Å². The lowest BCUT2D eigenvalue weighted by Crippen LogP contribution is -2.50. The monoisotopic (exact) mass is 362 g/mol. The average Bonchev–Trinajstić information content (AvgIpc) is 3.03. The standard InChI is InChI=1S/C20H30N2O4/c1-5-11-26-16-9-8-15(12-17(16)25-4)13-21-20(24)19(14(2)3)22-10-6-7-18(22)23/h8-9,12,14,19H,5-7,10-11,13H2,1-4H3,(H,21,24). The largest absolute Gasteiger partial charge is 0.493 e. The molecule has 0 saturated carbocycles. The number of rotatable bonds is 9. The van der Waals surface area contributed by atoms with Crippen LogP contribution >= 0.6 is 0 Å². The van der Waals surface area contributed by atoms with Gasteiger partial charge in [0.25, 0.3) is 0 Å². The van der Waals surface area contributed by atoms with Crippen LogP contribution in [-0.4, -0.2) is 43.0 Å².